The molecule has 14 nitrogen and oxygen atoms in total. The minimum absolute atomic E-state index is 0.0183. The number of aromatic nitrogens is 1. The fraction of sp³-hybridized carbons (Fsp3) is 0.583. The second-order valence-electron chi connectivity index (χ2n) is 21.2. The normalized spacial score (nSPS) is 28.0. The van der Waals surface area contributed by atoms with Crippen molar-refractivity contribution in [2.45, 2.75) is 109 Å². The van der Waals surface area contributed by atoms with E-state index in [1.807, 2.05) is 17.1 Å². The maximum Gasteiger partial charge on any atom is 0.294 e. The van der Waals surface area contributed by atoms with E-state index in [-0.39, 0.29) is 36.9 Å². The molecule has 348 valence electrons. The number of piperazine rings is 1. The number of benzene rings is 2. The summed E-state index contributed by atoms with van der Waals surface area (Å²) >= 11 is 0. The van der Waals surface area contributed by atoms with Gasteiger partial charge in [-0.1, -0.05) is 42.7 Å². The van der Waals surface area contributed by atoms with Crippen LogP contribution in [0.2, 0.25) is 0 Å². The number of carbonyl (C=O) groups is 1. The molecule has 4 aliphatic heterocycles. The Morgan fingerprint density at radius 1 is 0.985 bits per heavy atom. The lowest BCUT2D eigenvalue weighted by Crippen LogP contribution is -2.61. The first-order valence-corrected chi connectivity index (χ1v) is 25.0. The number of nitro groups is 1. The molecular formula is C48H61F2N9O5S. The number of rotatable bonds is 12. The van der Waals surface area contributed by atoms with Crippen molar-refractivity contribution in [3.63, 3.8) is 0 Å². The smallest absolute Gasteiger partial charge is 0.294 e. The molecule has 2 saturated heterocycles. The number of nitro benzene ring substituents is 1. The molecule has 4 saturated carbocycles. The van der Waals surface area contributed by atoms with Crippen LogP contribution in [0.1, 0.15) is 107 Å². The van der Waals surface area contributed by atoms with Crippen LogP contribution >= 0.6 is 10.8 Å². The quantitative estimate of drug-likeness (QED) is 0.0779. The number of nitrogens with one attached hydrogen (secondary N) is 4. The van der Waals surface area contributed by atoms with Crippen LogP contribution in [0.15, 0.2) is 58.5 Å². The maximum atomic E-state index is 14.7. The minimum Gasteiger partial charge on any atom is -0.379 e. The van der Waals surface area contributed by atoms with E-state index in [1.54, 1.807) is 23.3 Å². The van der Waals surface area contributed by atoms with Gasteiger partial charge in [-0.3, -0.25) is 24.8 Å². The van der Waals surface area contributed by atoms with Crippen molar-refractivity contribution < 1.29 is 26.9 Å². The van der Waals surface area contributed by atoms with E-state index in [1.165, 1.54) is 44.6 Å². The summed E-state index contributed by atoms with van der Waals surface area (Å²) in [4.78, 5) is 36.9. The number of pyridine rings is 1. The molecule has 5 aliphatic carbocycles. The van der Waals surface area contributed by atoms with E-state index in [0.29, 0.717) is 58.3 Å². The Balaban J connectivity index is 0.837. The van der Waals surface area contributed by atoms with Crippen molar-refractivity contribution in [3.8, 4) is 0 Å². The van der Waals surface area contributed by atoms with Gasteiger partial charge in [0.05, 0.1) is 39.0 Å². The molecule has 3 aromatic rings. The lowest BCUT2D eigenvalue weighted by Gasteiger charge is -2.72. The third-order valence-electron chi connectivity index (χ3n) is 15.8. The summed E-state index contributed by atoms with van der Waals surface area (Å²) in [6.45, 7) is 13.6. The molecule has 65 heavy (non-hydrogen) atoms. The SMILES string of the molecule is CC1(C)CCC(CN2CCN(c3ccc(C(=O)NS4(c5ccc(NCC6CCC(F)(F)CC6)c([N+](=O)[O-])c5)OCO4)c(N4NCc5nc6c(cc54)CCN6)c3)CC2)=C(C23CC(C)(C2)C3)C1. The van der Waals surface area contributed by atoms with Gasteiger partial charge in [-0.15, -0.1) is 0 Å². The molecule has 12 rings (SSSR count). The van der Waals surface area contributed by atoms with Gasteiger partial charge in [0.2, 0.25) is 5.92 Å². The van der Waals surface area contributed by atoms with Gasteiger partial charge in [0.15, 0.2) is 6.79 Å². The Morgan fingerprint density at radius 2 is 1.75 bits per heavy atom. The summed E-state index contributed by atoms with van der Waals surface area (Å²) in [5, 5.41) is 20.9. The van der Waals surface area contributed by atoms with Crippen molar-refractivity contribution in [2.75, 3.05) is 73.1 Å². The molecule has 1 aromatic heterocycles. The molecule has 0 unspecified atom stereocenters. The van der Waals surface area contributed by atoms with Crippen LogP contribution in [0.5, 0.6) is 0 Å². The number of fused-ring (bicyclic) bond motifs is 2. The molecular weight excluding hydrogens is 853 g/mol. The van der Waals surface area contributed by atoms with Gasteiger partial charge in [0, 0.05) is 70.4 Å². The van der Waals surface area contributed by atoms with Gasteiger partial charge in [-0.05, 0) is 122 Å². The van der Waals surface area contributed by atoms with Crippen LogP contribution in [0.4, 0.5) is 43.0 Å². The summed E-state index contributed by atoms with van der Waals surface area (Å²) in [5.41, 5.74) is 13.4. The van der Waals surface area contributed by atoms with Crippen LogP contribution in [0, 0.1) is 32.3 Å². The number of hydrogen-bond donors (Lipinski definition) is 4. The Kier molecular flexibility index (Phi) is 10.5. The highest BCUT2D eigenvalue weighted by atomic mass is 32.3. The molecule has 0 radical (unpaired) electrons. The van der Waals surface area contributed by atoms with Gasteiger partial charge >= 0.3 is 0 Å². The van der Waals surface area contributed by atoms with Crippen molar-refractivity contribution in [2.24, 2.45) is 22.2 Å². The summed E-state index contributed by atoms with van der Waals surface area (Å²) in [7, 11) is -2.91. The van der Waals surface area contributed by atoms with Gasteiger partial charge < -0.3 is 15.5 Å². The van der Waals surface area contributed by atoms with E-state index < -0.39 is 27.5 Å². The van der Waals surface area contributed by atoms with Crippen molar-refractivity contribution >= 4 is 50.9 Å². The minimum atomic E-state index is -2.91. The number of hydrazine groups is 1. The number of carbonyl (C=O) groups excluding carboxylic acids is 1. The average molecular weight is 914 g/mol. The first kappa shape index (κ1) is 43.0. The Labute approximate surface area is 381 Å². The Bertz CT molecular complexity index is 2440. The molecule has 0 spiro atoms. The first-order valence-electron chi connectivity index (χ1n) is 23.6. The van der Waals surface area contributed by atoms with Gasteiger partial charge in [-0.25, -0.2) is 32.3 Å². The van der Waals surface area contributed by atoms with Crippen molar-refractivity contribution in [1.82, 2.24) is 20.0 Å². The van der Waals surface area contributed by atoms with E-state index in [2.05, 4.69) is 63.5 Å². The molecule has 5 heterocycles. The standard InChI is InChI=1S/C48H61F2N9O5S/c1-45(2)12-10-33(37(23-45)47-27-46(3,28-47)29-47)26-56-16-18-57(19-17-56)34-4-6-36(40(21-34)58-41-20-32-11-15-51-43(32)54-39(41)25-53-58)44(60)55-65(63-30-64-65)35-5-7-38(42(22-35)59(61)62)52-24-31-8-13-48(49,50)14-9-31/h4-7,20-22,31,52-53H,8-19,23-30H2,1-3H3,(H,51,54)(H,55,60). The zero-order valence-corrected chi connectivity index (χ0v) is 38.5. The summed E-state index contributed by atoms with van der Waals surface area (Å²) < 4.78 is 42.6. The molecule has 2 aromatic carbocycles. The number of hydrogen-bond acceptors (Lipinski definition) is 12. The fourth-order valence-corrected chi connectivity index (χ4v) is 14.0. The summed E-state index contributed by atoms with van der Waals surface area (Å²) in [6, 6.07) is 12.7. The zero-order valence-electron chi connectivity index (χ0n) is 37.7. The van der Waals surface area contributed by atoms with E-state index in [9.17, 15) is 23.7 Å². The van der Waals surface area contributed by atoms with Crippen LogP contribution in [-0.2, 0) is 21.3 Å². The first-order chi connectivity index (χ1) is 31.1. The Morgan fingerprint density at radius 3 is 2.46 bits per heavy atom. The molecule has 1 amide bonds. The third-order valence-corrected chi connectivity index (χ3v) is 18.0. The molecule has 0 atom stereocenters. The third kappa shape index (κ3) is 7.91. The highest BCUT2D eigenvalue weighted by molar-refractivity contribution is 8.25. The number of anilines is 5. The topological polar surface area (TPSA) is 149 Å². The lowest BCUT2D eigenvalue weighted by atomic mass is 9.33. The molecule has 4 N–H and O–H groups in total. The van der Waals surface area contributed by atoms with Crippen LogP contribution in [-0.4, -0.2) is 79.2 Å². The fourth-order valence-electron chi connectivity index (χ4n) is 12.3. The molecule has 17 heteroatoms. The average Bonchev–Trinajstić information content (AvgIpc) is 3.89. The highest BCUT2D eigenvalue weighted by Crippen LogP contribution is 2.77. The largest absolute Gasteiger partial charge is 0.379 e. The van der Waals surface area contributed by atoms with Crippen LogP contribution in [0.3, 0.4) is 0 Å². The second-order valence-corrected chi connectivity index (χ2v) is 23.4. The lowest BCUT2D eigenvalue weighted by molar-refractivity contribution is -0.384. The number of amides is 1. The van der Waals surface area contributed by atoms with Gasteiger partial charge in [-0.2, -0.15) is 0 Å². The molecule has 6 fully saturated rings. The van der Waals surface area contributed by atoms with Crippen LogP contribution < -0.4 is 30.7 Å². The highest BCUT2D eigenvalue weighted by Gasteiger charge is 2.67. The van der Waals surface area contributed by atoms with Crippen molar-refractivity contribution in [1.29, 1.82) is 0 Å². The number of nitrogens with zero attached hydrogens (tertiary/aromatic N) is 5. The van der Waals surface area contributed by atoms with Crippen molar-refractivity contribution in [3.05, 3.63) is 80.5 Å². The zero-order chi connectivity index (χ0) is 44.9. The van der Waals surface area contributed by atoms with Gasteiger partial charge in [0.1, 0.15) is 11.5 Å². The van der Waals surface area contributed by atoms with Gasteiger partial charge in [0.25, 0.3) is 11.6 Å². The predicted octanol–water partition coefficient (Wildman–Crippen LogP) is 9.51. The predicted molar refractivity (Wildman–Crippen MR) is 248 cm³/mol. The monoisotopic (exact) mass is 913 g/mol. The number of allylic oxidation sites excluding steroid dienone is 1. The summed E-state index contributed by atoms with van der Waals surface area (Å²) in [5.74, 6) is -2.22. The summed E-state index contributed by atoms with van der Waals surface area (Å²) in [6.07, 6.45) is 9.00. The Hall–Kier alpha value is -4.55. The number of halogens is 2. The van der Waals surface area contributed by atoms with E-state index >= 15 is 0 Å². The van der Waals surface area contributed by atoms with E-state index in [0.717, 1.165) is 74.1 Å². The number of alkyl halides is 2. The molecule has 2 bridgehead atoms. The maximum absolute atomic E-state index is 14.7. The molecule has 9 aliphatic rings. The van der Waals surface area contributed by atoms with E-state index in [4.69, 9.17) is 13.4 Å². The second kappa shape index (κ2) is 15.8. The van der Waals surface area contributed by atoms with Crippen LogP contribution in [0.25, 0.3) is 0 Å².